The summed E-state index contributed by atoms with van der Waals surface area (Å²) in [5.41, 5.74) is 1.65. The molecule has 2 heterocycles. The van der Waals surface area contributed by atoms with Crippen molar-refractivity contribution in [2.75, 3.05) is 18.4 Å². The molecule has 1 aromatic heterocycles. The number of nitrogens with one attached hydrogen (secondary N) is 1. The Labute approximate surface area is 133 Å². The summed E-state index contributed by atoms with van der Waals surface area (Å²) in [5, 5.41) is 3.56. The van der Waals surface area contributed by atoms with E-state index in [4.69, 9.17) is 4.74 Å². The van der Waals surface area contributed by atoms with E-state index in [1.54, 1.807) is 6.20 Å². The smallest absolute Gasteiger partial charge is 0.410 e. The Morgan fingerprint density at radius 2 is 2.14 bits per heavy atom. The van der Waals surface area contributed by atoms with Gasteiger partial charge in [-0.15, -0.1) is 0 Å². The first kappa shape index (κ1) is 16.6. The zero-order valence-corrected chi connectivity index (χ0v) is 14.1. The van der Waals surface area contributed by atoms with Crippen LogP contribution in [0.3, 0.4) is 0 Å². The molecule has 1 aliphatic heterocycles. The van der Waals surface area contributed by atoms with Crippen molar-refractivity contribution in [2.45, 2.75) is 58.6 Å². The molecule has 0 radical (unpaired) electrons. The number of pyridine rings is 1. The largest absolute Gasteiger partial charge is 0.444 e. The molecule has 0 aliphatic carbocycles. The molecular formula is C17H27N3O2. The minimum atomic E-state index is -0.437. The van der Waals surface area contributed by atoms with Gasteiger partial charge in [0.05, 0.1) is 11.4 Å². The molecule has 5 heteroatoms. The van der Waals surface area contributed by atoms with Crippen LogP contribution in [0.5, 0.6) is 0 Å². The van der Waals surface area contributed by atoms with Crippen LogP contribution in [-0.4, -0.2) is 40.7 Å². The number of nitrogens with zero attached hydrogens (tertiary/aromatic N) is 2. The lowest BCUT2D eigenvalue weighted by Crippen LogP contribution is -2.37. The fourth-order valence-corrected chi connectivity index (χ4v) is 2.61. The molecule has 2 rings (SSSR count). The van der Waals surface area contributed by atoms with E-state index in [1.807, 2.05) is 38.7 Å². The quantitative estimate of drug-likeness (QED) is 0.907. The Balaban J connectivity index is 1.90. The van der Waals surface area contributed by atoms with Crippen LogP contribution in [0.4, 0.5) is 10.5 Å². The Kier molecular flexibility index (Phi) is 5.27. The average molecular weight is 305 g/mol. The third kappa shape index (κ3) is 4.90. The van der Waals surface area contributed by atoms with Crippen molar-refractivity contribution in [3.05, 3.63) is 24.0 Å². The van der Waals surface area contributed by atoms with E-state index in [2.05, 4.69) is 16.4 Å². The number of aromatic nitrogens is 1. The van der Waals surface area contributed by atoms with E-state index in [-0.39, 0.29) is 6.09 Å². The number of aryl methyl sites for hydroxylation is 1. The van der Waals surface area contributed by atoms with Crippen LogP contribution in [-0.2, 0) is 4.74 Å². The van der Waals surface area contributed by atoms with E-state index in [1.165, 1.54) is 0 Å². The number of hydrogen-bond acceptors (Lipinski definition) is 4. The van der Waals surface area contributed by atoms with Gasteiger partial charge in [0, 0.05) is 25.3 Å². The lowest BCUT2D eigenvalue weighted by atomic mass is 10.1. The molecule has 0 bridgehead atoms. The maximum atomic E-state index is 12.2. The Morgan fingerprint density at radius 1 is 1.36 bits per heavy atom. The van der Waals surface area contributed by atoms with E-state index >= 15 is 0 Å². The number of carbonyl (C=O) groups is 1. The number of likely N-dealkylation sites (tertiary alicyclic amines) is 1. The molecule has 1 aromatic rings. The number of rotatable bonds is 2. The highest BCUT2D eigenvalue weighted by Crippen LogP contribution is 2.20. The van der Waals surface area contributed by atoms with Crippen molar-refractivity contribution in [3.63, 3.8) is 0 Å². The lowest BCUT2D eigenvalue weighted by molar-refractivity contribution is 0.0256. The van der Waals surface area contributed by atoms with Gasteiger partial charge < -0.3 is 15.0 Å². The van der Waals surface area contributed by atoms with Crippen molar-refractivity contribution < 1.29 is 9.53 Å². The average Bonchev–Trinajstić information content (AvgIpc) is 2.65. The van der Waals surface area contributed by atoms with Gasteiger partial charge in [0.1, 0.15) is 5.60 Å². The first-order valence-corrected chi connectivity index (χ1v) is 8.01. The first-order valence-electron chi connectivity index (χ1n) is 8.01. The third-order valence-corrected chi connectivity index (χ3v) is 3.75. The fourth-order valence-electron chi connectivity index (χ4n) is 2.61. The standard InChI is InChI=1S/C17H27N3O2/c1-13-15(8-5-10-18-13)19-14-7-6-11-20(12-9-14)16(21)22-17(2,3)4/h5,8,10,14,19H,6-7,9,11-12H2,1-4H3. The molecule has 22 heavy (non-hydrogen) atoms. The van der Waals surface area contributed by atoms with Gasteiger partial charge in [0.25, 0.3) is 0 Å². The number of ether oxygens (including phenoxy) is 1. The molecule has 122 valence electrons. The maximum Gasteiger partial charge on any atom is 0.410 e. The Morgan fingerprint density at radius 3 is 2.82 bits per heavy atom. The van der Waals surface area contributed by atoms with Gasteiger partial charge in [0.15, 0.2) is 0 Å². The van der Waals surface area contributed by atoms with E-state index in [0.717, 1.165) is 43.7 Å². The number of amides is 1. The first-order chi connectivity index (χ1) is 10.3. The van der Waals surface area contributed by atoms with Crippen molar-refractivity contribution >= 4 is 11.8 Å². The van der Waals surface area contributed by atoms with E-state index in [9.17, 15) is 4.79 Å². The van der Waals surface area contributed by atoms with Gasteiger partial charge in [-0.25, -0.2) is 4.79 Å². The Hall–Kier alpha value is -1.78. The zero-order chi connectivity index (χ0) is 16.2. The Bertz CT molecular complexity index is 511. The van der Waals surface area contributed by atoms with Crippen LogP contribution in [0, 0.1) is 6.92 Å². The summed E-state index contributed by atoms with van der Waals surface area (Å²) in [6, 6.07) is 4.37. The topological polar surface area (TPSA) is 54.5 Å². The predicted molar refractivity (Wildman–Crippen MR) is 88.0 cm³/mol. The van der Waals surface area contributed by atoms with Gasteiger partial charge >= 0.3 is 6.09 Å². The van der Waals surface area contributed by atoms with Gasteiger partial charge in [-0.1, -0.05) is 0 Å². The van der Waals surface area contributed by atoms with Crippen LogP contribution >= 0.6 is 0 Å². The van der Waals surface area contributed by atoms with Gasteiger partial charge in [-0.2, -0.15) is 0 Å². The number of anilines is 1. The molecule has 1 N–H and O–H groups in total. The molecule has 5 nitrogen and oxygen atoms in total. The highest BCUT2D eigenvalue weighted by atomic mass is 16.6. The fraction of sp³-hybridized carbons (Fsp3) is 0.647. The SMILES string of the molecule is Cc1ncccc1NC1CCCN(C(=O)OC(C)(C)C)CC1. The molecule has 0 saturated carbocycles. The summed E-state index contributed by atoms with van der Waals surface area (Å²) in [5.74, 6) is 0. The van der Waals surface area contributed by atoms with Gasteiger partial charge in [0.2, 0.25) is 0 Å². The second-order valence-corrected chi connectivity index (χ2v) is 6.88. The number of carbonyl (C=O) groups excluding carboxylic acids is 1. The van der Waals surface area contributed by atoms with Crippen molar-refractivity contribution in [1.29, 1.82) is 0 Å². The minimum Gasteiger partial charge on any atom is -0.444 e. The summed E-state index contributed by atoms with van der Waals surface area (Å²) >= 11 is 0. The second-order valence-electron chi connectivity index (χ2n) is 6.88. The van der Waals surface area contributed by atoms with Crippen LogP contribution in [0.2, 0.25) is 0 Å². The molecule has 0 spiro atoms. The minimum absolute atomic E-state index is 0.203. The normalized spacial score (nSPS) is 19.5. The van der Waals surface area contributed by atoms with E-state index < -0.39 is 5.60 Å². The van der Waals surface area contributed by atoms with Crippen LogP contribution in [0.15, 0.2) is 18.3 Å². The molecule has 1 atom stereocenters. The van der Waals surface area contributed by atoms with Crippen LogP contribution in [0.1, 0.15) is 45.7 Å². The lowest BCUT2D eigenvalue weighted by Gasteiger charge is -2.26. The maximum absolute atomic E-state index is 12.2. The molecule has 0 aromatic carbocycles. The molecule has 1 unspecified atom stereocenters. The summed E-state index contributed by atoms with van der Waals surface area (Å²) in [6.45, 7) is 9.20. The summed E-state index contributed by atoms with van der Waals surface area (Å²) in [6.07, 6.45) is 4.56. The molecule has 1 aliphatic rings. The molecular weight excluding hydrogens is 278 g/mol. The highest BCUT2D eigenvalue weighted by Gasteiger charge is 2.25. The number of hydrogen-bond donors (Lipinski definition) is 1. The van der Waals surface area contributed by atoms with Gasteiger partial charge in [-0.3, -0.25) is 4.98 Å². The van der Waals surface area contributed by atoms with E-state index in [0.29, 0.717) is 6.04 Å². The van der Waals surface area contributed by atoms with Crippen LogP contribution in [0.25, 0.3) is 0 Å². The van der Waals surface area contributed by atoms with Crippen molar-refractivity contribution in [2.24, 2.45) is 0 Å². The van der Waals surface area contributed by atoms with Gasteiger partial charge in [-0.05, 0) is 59.1 Å². The zero-order valence-electron chi connectivity index (χ0n) is 14.1. The summed E-state index contributed by atoms with van der Waals surface area (Å²) in [7, 11) is 0. The second kappa shape index (κ2) is 6.99. The van der Waals surface area contributed by atoms with Crippen LogP contribution < -0.4 is 5.32 Å². The summed E-state index contributed by atoms with van der Waals surface area (Å²) < 4.78 is 5.46. The predicted octanol–water partition coefficient (Wildman–Crippen LogP) is 3.59. The molecule has 1 fully saturated rings. The third-order valence-electron chi connectivity index (χ3n) is 3.75. The molecule has 1 amide bonds. The summed E-state index contributed by atoms with van der Waals surface area (Å²) in [4.78, 5) is 18.3. The monoisotopic (exact) mass is 305 g/mol. The molecule has 1 saturated heterocycles. The highest BCUT2D eigenvalue weighted by molar-refractivity contribution is 5.68. The van der Waals surface area contributed by atoms with Crippen molar-refractivity contribution in [3.8, 4) is 0 Å². The van der Waals surface area contributed by atoms with Crippen molar-refractivity contribution in [1.82, 2.24) is 9.88 Å².